The molecule has 0 amide bonds. The molecule has 0 fully saturated rings. The van der Waals surface area contributed by atoms with Crippen LogP contribution >= 0.6 is 0 Å². The number of hydrogen-bond donors (Lipinski definition) is 0. The monoisotopic (exact) mass is 209 g/mol. The molecule has 0 N–H and O–H groups in total. The minimum Gasteiger partial charge on any atom is -0.266 e. The maximum absolute atomic E-state index is 12.1. The van der Waals surface area contributed by atoms with Crippen LogP contribution in [0.2, 0.25) is 0 Å². The fourth-order valence-electron chi connectivity index (χ4n) is 1.29. The third-order valence-electron chi connectivity index (χ3n) is 1.95. The topological polar surface area (TPSA) is 30.7 Å². The Hall–Kier alpha value is -1.78. The van der Waals surface area contributed by atoms with Crippen molar-refractivity contribution >= 4 is 0 Å². The first-order valence-electron chi connectivity index (χ1n) is 4.47. The number of hydrogen-bond acceptors (Lipinski definition) is 2. The molecule has 0 saturated heterocycles. The molecule has 0 aliphatic heterocycles. The van der Waals surface area contributed by atoms with Crippen LogP contribution in [-0.2, 0) is 6.54 Å². The third-order valence-corrected chi connectivity index (χ3v) is 1.95. The molecule has 0 bridgehead atoms. The van der Waals surface area contributed by atoms with Crippen molar-refractivity contribution in [3.63, 3.8) is 0 Å². The molecule has 0 saturated carbocycles. The second kappa shape index (κ2) is 4.16. The Balaban J connectivity index is 2.21. The number of pyridine rings is 1. The first-order chi connectivity index (χ1) is 7.25. The molecule has 5 heteroatoms. The maximum Gasteiger partial charge on any atom is 0.257 e. The van der Waals surface area contributed by atoms with Crippen LogP contribution in [0.15, 0.2) is 36.9 Å². The Labute approximate surface area is 85.4 Å². The van der Waals surface area contributed by atoms with Gasteiger partial charge in [-0.3, -0.25) is 9.67 Å². The van der Waals surface area contributed by atoms with Crippen molar-refractivity contribution in [3.05, 3.63) is 36.9 Å². The van der Waals surface area contributed by atoms with Gasteiger partial charge in [0.05, 0.1) is 6.20 Å². The molecular formula is C10H9F2N3. The average molecular weight is 209 g/mol. The van der Waals surface area contributed by atoms with Gasteiger partial charge in [0.25, 0.3) is 6.43 Å². The molecule has 0 atom stereocenters. The minimum atomic E-state index is -2.38. The van der Waals surface area contributed by atoms with Crippen LogP contribution < -0.4 is 0 Å². The highest BCUT2D eigenvalue weighted by Crippen LogP contribution is 2.16. The molecule has 2 heterocycles. The van der Waals surface area contributed by atoms with Gasteiger partial charge in [0.15, 0.2) is 0 Å². The summed E-state index contributed by atoms with van der Waals surface area (Å²) in [5.41, 5.74) is 1.67. The summed E-state index contributed by atoms with van der Waals surface area (Å²) in [4.78, 5) is 3.95. The smallest absolute Gasteiger partial charge is 0.257 e. The van der Waals surface area contributed by atoms with Crippen LogP contribution in [0.1, 0.15) is 0 Å². The molecule has 0 aromatic carbocycles. The Kier molecular flexibility index (Phi) is 2.71. The number of rotatable bonds is 3. The average Bonchev–Trinajstić information content (AvgIpc) is 2.67. The summed E-state index contributed by atoms with van der Waals surface area (Å²) >= 11 is 0. The van der Waals surface area contributed by atoms with E-state index in [9.17, 15) is 8.78 Å². The molecule has 2 aromatic rings. The van der Waals surface area contributed by atoms with Gasteiger partial charge in [0, 0.05) is 29.7 Å². The Bertz CT molecular complexity index is 425. The first-order valence-corrected chi connectivity index (χ1v) is 4.47. The van der Waals surface area contributed by atoms with E-state index < -0.39 is 6.43 Å². The molecule has 0 aliphatic carbocycles. The van der Waals surface area contributed by atoms with Crippen LogP contribution in [-0.4, -0.2) is 21.2 Å². The van der Waals surface area contributed by atoms with E-state index in [1.165, 1.54) is 4.68 Å². The molecule has 0 spiro atoms. The SMILES string of the molecule is FC(F)Cn1cc(-c2cccnc2)cn1. The summed E-state index contributed by atoms with van der Waals surface area (Å²) in [6.07, 6.45) is 4.09. The zero-order valence-corrected chi connectivity index (χ0v) is 7.85. The summed E-state index contributed by atoms with van der Waals surface area (Å²) in [7, 11) is 0. The summed E-state index contributed by atoms with van der Waals surface area (Å²) in [5, 5.41) is 3.84. The second-order valence-corrected chi connectivity index (χ2v) is 3.08. The van der Waals surface area contributed by atoms with E-state index in [2.05, 4.69) is 10.1 Å². The lowest BCUT2D eigenvalue weighted by atomic mass is 10.2. The first kappa shape index (κ1) is 9.76. The Morgan fingerprint density at radius 1 is 1.27 bits per heavy atom. The quantitative estimate of drug-likeness (QED) is 0.775. The van der Waals surface area contributed by atoms with Crippen LogP contribution in [0.4, 0.5) is 8.78 Å². The Morgan fingerprint density at radius 2 is 2.13 bits per heavy atom. The van der Waals surface area contributed by atoms with Crippen LogP contribution in [0.5, 0.6) is 0 Å². The van der Waals surface area contributed by atoms with Gasteiger partial charge < -0.3 is 0 Å². The Morgan fingerprint density at radius 3 is 2.80 bits per heavy atom. The standard InChI is InChI=1S/C10H9F2N3/c11-10(12)7-15-6-9(5-14-15)8-2-1-3-13-4-8/h1-6,10H,7H2. The zero-order valence-electron chi connectivity index (χ0n) is 7.85. The van der Waals surface area contributed by atoms with Gasteiger partial charge in [-0.05, 0) is 6.07 Å². The molecule has 3 nitrogen and oxygen atoms in total. The van der Waals surface area contributed by atoms with Gasteiger partial charge in [-0.25, -0.2) is 8.78 Å². The molecule has 0 radical (unpaired) electrons. The maximum atomic E-state index is 12.1. The highest BCUT2D eigenvalue weighted by atomic mass is 19.3. The van der Waals surface area contributed by atoms with E-state index in [0.717, 1.165) is 11.1 Å². The van der Waals surface area contributed by atoms with Crippen molar-refractivity contribution in [2.24, 2.45) is 0 Å². The van der Waals surface area contributed by atoms with Gasteiger partial charge in [-0.15, -0.1) is 0 Å². The minimum absolute atomic E-state index is 0.375. The molecule has 2 rings (SSSR count). The molecule has 0 unspecified atom stereocenters. The van der Waals surface area contributed by atoms with Crippen molar-refractivity contribution in [3.8, 4) is 11.1 Å². The predicted molar refractivity (Wildman–Crippen MR) is 51.5 cm³/mol. The summed E-state index contributed by atoms with van der Waals surface area (Å²) in [6.45, 7) is -0.375. The lowest BCUT2D eigenvalue weighted by Crippen LogP contribution is -2.06. The third kappa shape index (κ3) is 2.37. The van der Waals surface area contributed by atoms with E-state index >= 15 is 0 Å². The molecular weight excluding hydrogens is 200 g/mol. The number of alkyl halides is 2. The van der Waals surface area contributed by atoms with E-state index in [1.807, 2.05) is 6.07 Å². The predicted octanol–water partition coefficient (Wildman–Crippen LogP) is 2.21. The normalized spacial score (nSPS) is 10.9. The second-order valence-electron chi connectivity index (χ2n) is 3.08. The highest BCUT2D eigenvalue weighted by molar-refractivity contribution is 5.60. The van der Waals surface area contributed by atoms with Crippen LogP contribution in [0, 0.1) is 0 Å². The fourth-order valence-corrected chi connectivity index (χ4v) is 1.29. The number of aromatic nitrogens is 3. The van der Waals surface area contributed by atoms with Crippen molar-refractivity contribution in [2.75, 3.05) is 0 Å². The number of nitrogens with zero attached hydrogens (tertiary/aromatic N) is 3. The number of halogens is 2. The van der Waals surface area contributed by atoms with Gasteiger partial charge in [0.1, 0.15) is 6.54 Å². The van der Waals surface area contributed by atoms with Gasteiger partial charge >= 0.3 is 0 Å². The largest absolute Gasteiger partial charge is 0.266 e. The molecule has 78 valence electrons. The van der Waals surface area contributed by atoms with E-state index in [0.29, 0.717) is 0 Å². The van der Waals surface area contributed by atoms with Crippen molar-refractivity contribution in [1.29, 1.82) is 0 Å². The molecule has 15 heavy (non-hydrogen) atoms. The fraction of sp³-hybridized carbons (Fsp3) is 0.200. The zero-order chi connectivity index (χ0) is 10.7. The highest BCUT2D eigenvalue weighted by Gasteiger charge is 2.06. The van der Waals surface area contributed by atoms with Gasteiger partial charge in [-0.1, -0.05) is 6.07 Å². The van der Waals surface area contributed by atoms with E-state index in [1.54, 1.807) is 30.9 Å². The van der Waals surface area contributed by atoms with E-state index in [-0.39, 0.29) is 6.54 Å². The van der Waals surface area contributed by atoms with Gasteiger partial charge in [-0.2, -0.15) is 5.10 Å². The van der Waals surface area contributed by atoms with E-state index in [4.69, 9.17) is 0 Å². The van der Waals surface area contributed by atoms with Crippen molar-refractivity contribution in [2.45, 2.75) is 13.0 Å². The summed E-state index contributed by atoms with van der Waals surface area (Å²) in [6, 6.07) is 3.65. The molecule has 0 aliphatic rings. The van der Waals surface area contributed by atoms with Crippen molar-refractivity contribution < 1.29 is 8.78 Å². The van der Waals surface area contributed by atoms with Crippen LogP contribution in [0.3, 0.4) is 0 Å². The molecule has 2 aromatic heterocycles. The van der Waals surface area contributed by atoms with Gasteiger partial charge in [0.2, 0.25) is 0 Å². The van der Waals surface area contributed by atoms with Crippen LogP contribution in [0.25, 0.3) is 11.1 Å². The summed E-state index contributed by atoms with van der Waals surface area (Å²) in [5.74, 6) is 0. The summed E-state index contributed by atoms with van der Waals surface area (Å²) < 4.78 is 25.3. The lowest BCUT2D eigenvalue weighted by molar-refractivity contribution is 0.122. The lowest BCUT2D eigenvalue weighted by Gasteiger charge is -1.98. The van der Waals surface area contributed by atoms with Crippen molar-refractivity contribution in [1.82, 2.24) is 14.8 Å².